The molecule has 0 aliphatic rings. The third kappa shape index (κ3) is 2.23. The van der Waals surface area contributed by atoms with Gasteiger partial charge in [0.1, 0.15) is 0 Å². The van der Waals surface area contributed by atoms with E-state index in [9.17, 15) is 0 Å². The van der Waals surface area contributed by atoms with Gasteiger partial charge in [-0.3, -0.25) is 4.98 Å². The van der Waals surface area contributed by atoms with E-state index in [4.69, 9.17) is 0 Å². The molecule has 21 heavy (non-hydrogen) atoms. The number of fused-ring (bicyclic) bond motifs is 2. The Morgan fingerprint density at radius 1 is 1.00 bits per heavy atom. The first-order valence-corrected chi connectivity index (χ1v) is 7.03. The molecule has 0 spiro atoms. The summed E-state index contributed by atoms with van der Waals surface area (Å²) in [6, 6.07) is 16.9. The number of H-pyrrole nitrogens is 1. The number of nitrogens with one attached hydrogen (secondary N) is 2. The van der Waals surface area contributed by atoms with Gasteiger partial charge in [0.2, 0.25) is 0 Å². The van der Waals surface area contributed by atoms with Crippen molar-refractivity contribution in [2.45, 2.75) is 6.54 Å². The van der Waals surface area contributed by atoms with Gasteiger partial charge in [0.15, 0.2) is 0 Å². The maximum absolute atomic E-state index is 4.18. The Hall–Kier alpha value is -2.81. The lowest BCUT2D eigenvalue weighted by Crippen LogP contribution is -2.00. The molecule has 0 amide bonds. The van der Waals surface area contributed by atoms with Crippen molar-refractivity contribution in [2.24, 2.45) is 0 Å². The van der Waals surface area contributed by atoms with Gasteiger partial charge in [0.05, 0.1) is 0 Å². The number of nitrogens with zero attached hydrogens (tertiary/aromatic N) is 1. The van der Waals surface area contributed by atoms with Gasteiger partial charge in [0, 0.05) is 47.1 Å². The molecule has 2 N–H and O–H groups in total. The van der Waals surface area contributed by atoms with E-state index in [0.29, 0.717) is 0 Å². The monoisotopic (exact) mass is 273 g/mol. The molecule has 0 saturated heterocycles. The molecule has 4 rings (SSSR count). The van der Waals surface area contributed by atoms with Gasteiger partial charge in [-0.1, -0.05) is 18.2 Å². The van der Waals surface area contributed by atoms with Crippen LogP contribution in [0.25, 0.3) is 21.7 Å². The maximum Gasteiger partial charge on any atom is 0.0455 e. The van der Waals surface area contributed by atoms with Crippen LogP contribution in [0.1, 0.15) is 5.56 Å². The molecule has 3 nitrogen and oxygen atoms in total. The van der Waals surface area contributed by atoms with Gasteiger partial charge in [-0.15, -0.1) is 0 Å². The molecule has 0 radical (unpaired) electrons. The molecule has 0 bridgehead atoms. The number of aromatic amines is 1. The van der Waals surface area contributed by atoms with Crippen LogP contribution in [0.15, 0.2) is 67.1 Å². The topological polar surface area (TPSA) is 40.7 Å². The summed E-state index contributed by atoms with van der Waals surface area (Å²) in [7, 11) is 0. The number of anilines is 1. The van der Waals surface area contributed by atoms with Crippen LogP contribution in [0.2, 0.25) is 0 Å². The number of benzene rings is 2. The Morgan fingerprint density at radius 2 is 2.00 bits per heavy atom. The van der Waals surface area contributed by atoms with E-state index < -0.39 is 0 Å². The van der Waals surface area contributed by atoms with Crippen molar-refractivity contribution in [2.75, 3.05) is 5.32 Å². The van der Waals surface area contributed by atoms with Crippen LogP contribution >= 0.6 is 0 Å². The summed E-state index contributed by atoms with van der Waals surface area (Å²) in [6.07, 6.45) is 5.72. The number of hydrogen-bond donors (Lipinski definition) is 2. The molecule has 0 unspecified atom stereocenters. The van der Waals surface area contributed by atoms with Gasteiger partial charge < -0.3 is 10.3 Å². The van der Waals surface area contributed by atoms with E-state index in [-0.39, 0.29) is 0 Å². The van der Waals surface area contributed by atoms with Gasteiger partial charge in [-0.05, 0) is 41.3 Å². The summed E-state index contributed by atoms with van der Waals surface area (Å²) in [5, 5.41) is 7.16. The minimum Gasteiger partial charge on any atom is -0.381 e. The van der Waals surface area contributed by atoms with E-state index in [2.05, 4.69) is 63.8 Å². The van der Waals surface area contributed by atoms with Crippen LogP contribution in [0.4, 0.5) is 5.69 Å². The van der Waals surface area contributed by atoms with Gasteiger partial charge in [-0.2, -0.15) is 0 Å². The summed E-state index contributed by atoms with van der Waals surface area (Å²) < 4.78 is 0. The van der Waals surface area contributed by atoms with Gasteiger partial charge in [0.25, 0.3) is 0 Å². The third-order valence-corrected chi connectivity index (χ3v) is 3.81. The normalized spacial score (nSPS) is 11.0. The zero-order chi connectivity index (χ0) is 14.1. The summed E-state index contributed by atoms with van der Waals surface area (Å²) in [5.41, 5.74) is 3.58. The Kier molecular flexibility index (Phi) is 2.82. The van der Waals surface area contributed by atoms with Crippen molar-refractivity contribution in [3.05, 3.63) is 72.7 Å². The Labute approximate surface area is 122 Å². The van der Waals surface area contributed by atoms with E-state index in [1.165, 1.54) is 21.7 Å². The molecule has 0 fully saturated rings. The second kappa shape index (κ2) is 4.94. The number of rotatable bonds is 3. The number of aromatic nitrogens is 2. The fraction of sp³-hybridized carbons (Fsp3) is 0.0556. The zero-order valence-corrected chi connectivity index (χ0v) is 11.5. The first-order valence-electron chi connectivity index (χ1n) is 7.03. The summed E-state index contributed by atoms with van der Waals surface area (Å²) in [6.45, 7) is 0.803. The lowest BCUT2D eigenvalue weighted by atomic mass is 10.1. The summed E-state index contributed by atoms with van der Waals surface area (Å²) in [5.74, 6) is 0. The zero-order valence-electron chi connectivity index (χ0n) is 11.5. The second-order valence-electron chi connectivity index (χ2n) is 5.15. The molecular weight excluding hydrogens is 258 g/mol. The smallest absolute Gasteiger partial charge is 0.0455 e. The molecule has 2 heterocycles. The molecular formula is C18H15N3. The number of hydrogen-bond acceptors (Lipinski definition) is 2. The van der Waals surface area contributed by atoms with E-state index in [0.717, 1.165) is 17.7 Å². The van der Waals surface area contributed by atoms with E-state index in [1.54, 1.807) is 0 Å². The van der Waals surface area contributed by atoms with Crippen LogP contribution in [0.3, 0.4) is 0 Å². The second-order valence-corrected chi connectivity index (χ2v) is 5.15. The minimum absolute atomic E-state index is 0.803. The van der Waals surface area contributed by atoms with Crippen molar-refractivity contribution >= 4 is 27.4 Å². The highest BCUT2D eigenvalue weighted by atomic mass is 14.9. The SMILES string of the molecule is c1cc(CNc2ccc3[nH]ccc3c2)c2ccncc2c1. The van der Waals surface area contributed by atoms with E-state index in [1.807, 2.05) is 18.6 Å². The standard InChI is InChI=1S/C18H15N3/c1-2-14-11-19-8-7-17(14)15(3-1)12-21-16-4-5-18-13(10-16)6-9-20-18/h1-11,20-21H,12H2. The van der Waals surface area contributed by atoms with Crippen LogP contribution in [-0.4, -0.2) is 9.97 Å². The van der Waals surface area contributed by atoms with Crippen molar-refractivity contribution in [3.63, 3.8) is 0 Å². The minimum atomic E-state index is 0.803. The molecule has 102 valence electrons. The van der Waals surface area contributed by atoms with E-state index >= 15 is 0 Å². The molecule has 0 atom stereocenters. The first kappa shape index (κ1) is 12.0. The Balaban J connectivity index is 1.63. The average molecular weight is 273 g/mol. The molecule has 2 aromatic heterocycles. The quantitative estimate of drug-likeness (QED) is 0.583. The van der Waals surface area contributed by atoms with Crippen LogP contribution in [0, 0.1) is 0 Å². The highest BCUT2D eigenvalue weighted by molar-refractivity contribution is 5.85. The highest BCUT2D eigenvalue weighted by Crippen LogP contribution is 2.21. The predicted molar refractivity (Wildman–Crippen MR) is 87.4 cm³/mol. The molecule has 4 aromatic rings. The Morgan fingerprint density at radius 3 is 3.00 bits per heavy atom. The lowest BCUT2D eigenvalue weighted by Gasteiger charge is -2.09. The molecule has 0 saturated carbocycles. The molecule has 0 aliphatic heterocycles. The predicted octanol–water partition coefficient (Wildman–Crippen LogP) is 4.33. The fourth-order valence-corrected chi connectivity index (χ4v) is 2.70. The molecule has 0 aliphatic carbocycles. The largest absolute Gasteiger partial charge is 0.381 e. The summed E-state index contributed by atoms with van der Waals surface area (Å²) >= 11 is 0. The average Bonchev–Trinajstić information content (AvgIpc) is 3.00. The first-order chi connectivity index (χ1) is 10.4. The van der Waals surface area contributed by atoms with Crippen LogP contribution < -0.4 is 5.32 Å². The van der Waals surface area contributed by atoms with Gasteiger partial charge >= 0.3 is 0 Å². The van der Waals surface area contributed by atoms with Crippen LogP contribution in [-0.2, 0) is 6.54 Å². The van der Waals surface area contributed by atoms with Crippen molar-refractivity contribution in [1.82, 2.24) is 9.97 Å². The summed E-state index contributed by atoms with van der Waals surface area (Å²) in [4.78, 5) is 7.39. The van der Waals surface area contributed by atoms with Gasteiger partial charge in [-0.25, -0.2) is 0 Å². The third-order valence-electron chi connectivity index (χ3n) is 3.81. The number of pyridine rings is 1. The van der Waals surface area contributed by atoms with Crippen molar-refractivity contribution < 1.29 is 0 Å². The fourth-order valence-electron chi connectivity index (χ4n) is 2.70. The maximum atomic E-state index is 4.18. The van der Waals surface area contributed by atoms with Crippen molar-refractivity contribution in [3.8, 4) is 0 Å². The Bertz CT molecular complexity index is 903. The molecule has 3 heteroatoms. The van der Waals surface area contributed by atoms with Crippen LogP contribution in [0.5, 0.6) is 0 Å². The lowest BCUT2D eigenvalue weighted by molar-refractivity contribution is 1.17. The highest BCUT2D eigenvalue weighted by Gasteiger charge is 2.01. The molecule has 2 aromatic carbocycles. The van der Waals surface area contributed by atoms with Crippen molar-refractivity contribution in [1.29, 1.82) is 0 Å².